The topological polar surface area (TPSA) is 24.5 Å². The lowest BCUT2D eigenvalue weighted by molar-refractivity contribution is 0.138. The van der Waals surface area contributed by atoms with Crippen LogP contribution in [0.5, 0.6) is 0 Å². The molecule has 0 aliphatic carbocycles. The number of rotatable bonds is 5. The van der Waals surface area contributed by atoms with Gasteiger partial charge in [0.25, 0.3) is 0 Å². The third-order valence-electron chi connectivity index (χ3n) is 4.44. The summed E-state index contributed by atoms with van der Waals surface area (Å²) in [4.78, 5) is 2.65. The molecule has 0 aromatic rings. The summed E-state index contributed by atoms with van der Waals surface area (Å²) in [6, 6.07) is 0.587. The summed E-state index contributed by atoms with van der Waals surface area (Å²) in [6.45, 7) is 11.3. The van der Waals surface area contributed by atoms with E-state index in [0.29, 0.717) is 12.0 Å². The van der Waals surface area contributed by atoms with E-state index in [1.54, 1.807) is 0 Å². The van der Waals surface area contributed by atoms with Crippen molar-refractivity contribution in [3.63, 3.8) is 0 Å². The summed E-state index contributed by atoms with van der Waals surface area (Å²) in [5.41, 5.74) is 0. The van der Waals surface area contributed by atoms with Gasteiger partial charge in [-0.05, 0) is 38.4 Å². The largest absolute Gasteiger partial charge is 0.379 e. The predicted octanol–water partition coefficient (Wildman–Crippen LogP) is 1.73. The second-order valence-electron chi connectivity index (χ2n) is 5.61. The predicted molar refractivity (Wildman–Crippen MR) is 71.2 cm³/mol. The molecule has 0 saturated carbocycles. The number of nitrogens with one attached hydrogen (secondary N) is 1. The molecule has 2 unspecified atom stereocenters. The Morgan fingerprint density at radius 3 is 2.59 bits per heavy atom. The van der Waals surface area contributed by atoms with Crippen molar-refractivity contribution in [1.82, 2.24) is 10.2 Å². The van der Waals surface area contributed by atoms with E-state index in [1.165, 1.54) is 38.9 Å². The minimum atomic E-state index is 0.587. The molecular formula is C14H28N2O. The van der Waals surface area contributed by atoms with Gasteiger partial charge in [0.2, 0.25) is 0 Å². The molecule has 0 amide bonds. The molecule has 3 heteroatoms. The van der Waals surface area contributed by atoms with E-state index in [9.17, 15) is 0 Å². The smallest absolute Gasteiger partial charge is 0.0623 e. The maximum Gasteiger partial charge on any atom is 0.0623 e. The van der Waals surface area contributed by atoms with Crippen molar-refractivity contribution >= 4 is 0 Å². The van der Waals surface area contributed by atoms with E-state index in [-0.39, 0.29) is 0 Å². The fourth-order valence-corrected chi connectivity index (χ4v) is 3.18. The number of nitrogens with zero attached hydrogens (tertiary/aromatic N) is 1. The lowest BCUT2D eigenvalue weighted by atomic mass is 9.93. The molecule has 3 nitrogen and oxygen atoms in total. The molecule has 100 valence electrons. The van der Waals surface area contributed by atoms with Gasteiger partial charge >= 0.3 is 0 Å². The molecule has 2 rings (SSSR count). The summed E-state index contributed by atoms with van der Waals surface area (Å²) >= 11 is 0. The monoisotopic (exact) mass is 240 g/mol. The number of likely N-dealkylation sites (N-methyl/N-ethyl adjacent to an activating group) is 1. The van der Waals surface area contributed by atoms with E-state index < -0.39 is 0 Å². The van der Waals surface area contributed by atoms with Crippen LogP contribution in [0.25, 0.3) is 0 Å². The van der Waals surface area contributed by atoms with Gasteiger partial charge in [0.1, 0.15) is 0 Å². The zero-order chi connectivity index (χ0) is 12.1. The van der Waals surface area contributed by atoms with E-state index in [2.05, 4.69) is 24.1 Å². The van der Waals surface area contributed by atoms with Gasteiger partial charge in [-0.1, -0.05) is 20.3 Å². The molecule has 2 aliphatic heterocycles. The first kappa shape index (κ1) is 13.3. The summed E-state index contributed by atoms with van der Waals surface area (Å²) in [5.74, 6) is 1.68. The van der Waals surface area contributed by atoms with Crippen LogP contribution in [-0.2, 0) is 4.74 Å². The lowest BCUT2D eigenvalue weighted by Crippen LogP contribution is -2.44. The van der Waals surface area contributed by atoms with Crippen LogP contribution in [0.15, 0.2) is 0 Å². The lowest BCUT2D eigenvalue weighted by Gasteiger charge is -2.34. The Morgan fingerprint density at radius 2 is 1.94 bits per heavy atom. The molecule has 17 heavy (non-hydrogen) atoms. The standard InChI is InChI=1S/C14H28N2O/c1-3-12-5-7-16(8-6-12)9-13-10-17-11-14(13)15-4-2/h12-15H,3-11H2,1-2H3. The van der Waals surface area contributed by atoms with Crippen LogP contribution >= 0.6 is 0 Å². The molecule has 0 bridgehead atoms. The molecule has 1 N–H and O–H groups in total. The fourth-order valence-electron chi connectivity index (χ4n) is 3.18. The summed E-state index contributed by atoms with van der Waals surface area (Å²) < 4.78 is 5.62. The van der Waals surface area contributed by atoms with Gasteiger partial charge in [0.05, 0.1) is 13.2 Å². The van der Waals surface area contributed by atoms with Crippen LogP contribution in [0.1, 0.15) is 33.1 Å². The van der Waals surface area contributed by atoms with Crippen LogP contribution in [0, 0.1) is 11.8 Å². The Bertz CT molecular complexity index is 214. The molecule has 0 aromatic heterocycles. The number of hydrogen-bond donors (Lipinski definition) is 1. The van der Waals surface area contributed by atoms with Crippen LogP contribution in [0.2, 0.25) is 0 Å². The van der Waals surface area contributed by atoms with E-state index >= 15 is 0 Å². The van der Waals surface area contributed by atoms with Crippen molar-refractivity contribution in [2.75, 3.05) is 39.4 Å². The molecule has 0 aromatic carbocycles. The Kier molecular flexibility index (Phi) is 5.26. The molecule has 2 atom stereocenters. The number of ether oxygens (including phenoxy) is 1. The Balaban J connectivity index is 1.73. The van der Waals surface area contributed by atoms with Gasteiger partial charge < -0.3 is 15.0 Å². The van der Waals surface area contributed by atoms with Gasteiger partial charge in [-0.2, -0.15) is 0 Å². The van der Waals surface area contributed by atoms with Crippen molar-refractivity contribution < 1.29 is 4.74 Å². The van der Waals surface area contributed by atoms with Crippen molar-refractivity contribution in [1.29, 1.82) is 0 Å². The first-order chi connectivity index (χ1) is 8.33. The molecule has 0 spiro atoms. The first-order valence-electron chi connectivity index (χ1n) is 7.37. The highest BCUT2D eigenvalue weighted by Crippen LogP contribution is 2.22. The SMILES string of the molecule is CCNC1COCC1CN1CCC(CC)CC1. The normalized spacial score (nSPS) is 32.1. The van der Waals surface area contributed by atoms with Gasteiger partial charge in [-0.3, -0.25) is 0 Å². The second kappa shape index (κ2) is 6.72. The minimum absolute atomic E-state index is 0.587. The van der Waals surface area contributed by atoms with Gasteiger partial charge in [0, 0.05) is 18.5 Å². The van der Waals surface area contributed by atoms with Gasteiger partial charge in [-0.15, -0.1) is 0 Å². The summed E-state index contributed by atoms with van der Waals surface area (Å²) in [5, 5.41) is 3.55. The van der Waals surface area contributed by atoms with E-state index in [4.69, 9.17) is 4.74 Å². The first-order valence-corrected chi connectivity index (χ1v) is 7.37. The van der Waals surface area contributed by atoms with Gasteiger partial charge in [-0.25, -0.2) is 0 Å². The highest BCUT2D eigenvalue weighted by molar-refractivity contribution is 4.84. The van der Waals surface area contributed by atoms with Crippen LogP contribution in [-0.4, -0.2) is 50.3 Å². The zero-order valence-corrected chi connectivity index (χ0v) is 11.5. The Hall–Kier alpha value is -0.120. The van der Waals surface area contributed by atoms with Crippen molar-refractivity contribution in [2.45, 2.75) is 39.2 Å². The van der Waals surface area contributed by atoms with Crippen molar-refractivity contribution in [2.24, 2.45) is 11.8 Å². The molecular weight excluding hydrogens is 212 g/mol. The molecule has 0 radical (unpaired) electrons. The number of likely N-dealkylation sites (tertiary alicyclic amines) is 1. The van der Waals surface area contributed by atoms with Gasteiger partial charge in [0.15, 0.2) is 0 Å². The van der Waals surface area contributed by atoms with E-state index in [1.807, 2.05) is 0 Å². The molecule has 2 fully saturated rings. The van der Waals surface area contributed by atoms with Crippen molar-refractivity contribution in [3.05, 3.63) is 0 Å². The van der Waals surface area contributed by atoms with Crippen LogP contribution < -0.4 is 5.32 Å². The number of piperidine rings is 1. The van der Waals surface area contributed by atoms with Crippen LogP contribution in [0.3, 0.4) is 0 Å². The number of hydrogen-bond acceptors (Lipinski definition) is 3. The third kappa shape index (κ3) is 3.67. The third-order valence-corrected chi connectivity index (χ3v) is 4.44. The molecule has 2 saturated heterocycles. The molecule has 2 aliphatic rings. The summed E-state index contributed by atoms with van der Waals surface area (Å²) in [7, 11) is 0. The zero-order valence-electron chi connectivity index (χ0n) is 11.5. The van der Waals surface area contributed by atoms with Crippen LogP contribution in [0.4, 0.5) is 0 Å². The fraction of sp³-hybridized carbons (Fsp3) is 1.00. The average Bonchev–Trinajstić information content (AvgIpc) is 2.78. The second-order valence-corrected chi connectivity index (χ2v) is 5.61. The minimum Gasteiger partial charge on any atom is -0.379 e. The maximum atomic E-state index is 5.62. The van der Waals surface area contributed by atoms with E-state index in [0.717, 1.165) is 25.7 Å². The molecule has 2 heterocycles. The Labute approximate surface area is 106 Å². The Morgan fingerprint density at radius 1 is 1.18 bits per heavy atom. The average molecular weight is 240 g/mol. The van der Waals surface area contributed by atoms with Crippen molar-refractivity contribution in [3.8, 4) is 0 Å². The summed E-state index contributed by atoms with van der Waals surface area (Å²) in [6.07, 6.45) is 4.16. The highest BCUT2D eigenvalue weighted by Gasteiger charge is 2.30. The highest BCUT2D eigenvalue weighted by atomic mass is 16.5. The maximum absolute atomic E-state index is 5.62. The quantitative estimate of drug-likeness (QED) is 0.792.